The van der Waals surface area contributed by atoms with Gasteiger partial charge < -0.3 is 9.47 Å². The highest BCUT2D eigenvalue weighted by Crippen LogP contribution is 2.48. The lowest BCUT2D eigenvalue weighted by Gasteiger charge is -2.34. The second kappa shape index (κ2) is 3.48. The number of ether oxygens (including phenoxy) is 2. The van der Waals surface area contributed by atoms with Crippen LogP contribution in [-0.4, -0.2) is 29.8 Å². The molecule has 2 heterocycles. The van der Waals surface area contributed by atoms with Crippen molar-refractivity contribution in [2.24, 2.45) is 5.92 Å². The lowest BCUT2D eigenvalue weighted by molar-refractivity contribution is -0.265. The molecule has 0 aromatic carbocycles. The molecule has 17 heavy (non-hydrogen) atoms. The van der Waals surface area contributed by atoms with Crippen LogP contribution >= 0.6 is 0 Å². The summed E-state index contributed by atoms with van der Waals surface area (Å²) in [4.78, 5) is 21.9. The first-order chi connectivity index (χ1) is 7.76. The van der Waals surface area contributed by atoms with E-state index in [1.807, 2.05) is 0 Å². The Hall–Kier alpha value is -1.53. The van der Waals surface area contributed by atoms with Crippen LogP contribution in [0.15, 0.2) is 12.2 Å². The van der Waals surface area contributed by atoms with E-state index in [4.69, 9.17) is 0 Å². The lowest BCUT2D eigenvalue weighted by Crippen LogP contribution is -2.52. The van der Waals surface area contributed by atoms with Crippen LogP contribution in [0.25, 0.3) is 0 Å². The minimum absolute atomic E-state index is 0.418. The van der Waals surface area contributed by atoms with Crippen molar-refractivity contribution in [3.63, 3.8) is 0 Å². The third-order valence-electron chi connectivity index (χ3n) is 3.00. The summed E-state index contributed by atoms with van der Waals surface area (Å²) < 4.78 is 48.2. The van der Waals surface area contributed by atoms with Gasteiger partial charge in [-0.3, -0.25) is 4.79 Å². The Bertz CT molecular complexity index is 401. The van der Waals surface area contributed by atoms with E-state index in [-0.39, 0.29) is 0 Å². The highest BCUT2D eigenvalue weighted by atomic mass is 19.4. The molecule has 1 saturated heterocycles. The zero-order chi connectivity index (χ0) is 12.8. The average molecular weight is 250 g/mol. The van der Waals surface area contributed by atoms with Crippen LogP contribution in [0.2, 0.25) is 0 Å². The van der Waals surface area contributed by atoms with Gasteiger partial charge in [0, 0.05) is 6.08 Å². The number of cyclic esters (lactones) is 2. The fraction of sp³-hybridized carbons (Fsp3) is 0.600. The standard InChI is InChI=1S/C10H9F3O4/c1-5-6(4-8(15)16-5)9(10(11,12)13)3-2-7(14)17-9/h2-3,5-6H,4H2,1H3/t5-,6+,9+/m1/s1. The second-order valence-corrected chi connectivity index (χ2v) is 4.05. The maximum absolute atomic E-state index is 13.0. The predicted octanol–water partition coefficient (Wildman–Crippen LogP) is 1.35. The van der Waals surface area contributed by atoms with Gasteiger partial charge in [0.05, 0.1) is 12.3 Å². The van der Waals surface area contributed by atoms with E-state index in [9.17, 15) is 22.8 Å². The fourth-order valence-electron chi connectivity index (χ4n) is 2.17. The molecule has 0 bridgehead atoms. The predicted molar refractivity (Wildman–Crippen MR) is 47.7 cm³/mol. The maximum atomic E-state index is 13.0. The molecule has 2 aliphatic heterocycles. The number of carbonyl (C=O) groups is 2. The van der Waals surface area contributed by atoms with Gasteiger partial charge >= 0.3 is 18.1 Å². The van der Waals surface area contributed by atoms with Crippen LogP contribution in [0.1, 0.15) is 13.3 Å². The molecule has 3 atom stereocenters. The third kappa shape index (κ3) is 1.69. The normalized spacial score (nSPS) is 37.2. The van der Waals surface area contributed by atoms with E-state index in [0.29, 0.717) is 6.08 Å². The van der Waals surface area contributed by atoms with Crippen molar-refractivity contribution < 1.29 is 32.2 Å². The van der Waals surface area contributed by atoms with Gasteiger partial charge in [-0.05, 0) is 13.0 Å². The first kappa shape index (κ1) is 11.9. The van der Waals surface area contributed by atoms with Crippen LogP contribution in [0.4, 0.5) is 13.2 Å². The molecule has 0 unspecified atom stereocenters. The summed E-state index contributed by atoms with van der Waals surface area (Å²) in [5.74, 6) is -3.02. The molecule has 2 aliphatic rings. The molecule has 0 N–H and O–H groups in total. The highest BCUT2D eigenvalue weighted by molar-refractivity contribution is 5.86. The Labute approximate surface area is 94.4 Å². The minimum atomic E-state index is -4.78. The monoisotopic (exact) mass is 250 g/mol. The second-order valence-electron chi connectivity index (χ2n) is 4.05. The van der Waals surface area contributed by atoms with Crippen molar-refractivity contribution in [1.82, 2.24) is 0 Å². The van der Waals surface area contributed by atoms with Gasteiger partial charge in [0.2, 0.25) is 5.60 Å². The van der Waals surface area contributed by atoms with Gasteiger partial charge in [-0.1, -0.05) is 0 Å². The van der Waals surface area contributed by atoms with Crippen molar-refractivity contribution in [2.75, 3.05) is 0 Å². The summed E-state index contributed by atoms with van der Waals surface area (Å²) >= 11 is 0. The van der Waals surface area contributed by atoms with E-state index in [1.165, 1.54) is 6.92 Å². The van der Waals surface area contributed by atoms with E-state index in [0.717, 1.165) is 6.08 Å². The third-order valence-corrected chi connectivity index (χ3v) is 3.00. The van der Waals surface area contributed by atoms with E-state index < -0.39 is 42.2 Å². The lowest BCUT2D eigenvalue weighted by atomic mass is 9.82. The topological polar surface area (TPSA) is 52.6 Å². The van der Waals surface area contributed by atoms with Crippen LogP contribution in [-0.2, 0) is 19.1 Å². The summed E-state index contributed by atoms with van der Waals surface area (Å²) in [7, 11) is 0. The Morgan fingerprint density at radius 1 is 1.41 bits per heavy atom. The molecule has 2 rings (SSSR count). The van der Waals surface area contributed by atoms with Crippen molar-refractivity contribution in [2.45, 2.75) is 31.2 Å². The van der Waals surface area contributed by atoms with Gasteiger partial charge in [0.15, 0.2) is 0 Å². The van der Waals surface area contributed by atoms with Crippen LogP contribution in [0.3, 0.4) is 0 Å². The molecule has 4 nitrogen and oxygen atoms in total. The van der Waals surface area contributed by atoms with Gasteiger partial charge in [0.1, 0.15) is 6.10 Å². The highest BCUT2D eigenvalue weighted by Gasteiger charge is 2.66. The molecule has 0 saturated carbocycles. The molecule has 0 spiro atoms. The van der Waals surface area contributed by atoms with E-state index in [2.05, 4.69) is 9.47 Å². The average Bonchev–Trinajstić information content (AvgIpc) is 2.69. The van der Waals surface area contributed by atoms with Crippen molar-refractivity contribution in [1.29, 1.82) is 0 Å². The first-order valence-corrected chi connectivity index (χ1v) is 4.95. The fourth-order valence-corrected chi connectivity index (χ4v) is 2.17. The maximum Gasteiger partial charge on any atom is 0.432 e. The summed E-state index contributed by atoms with van der Waals surface area (Å²) in [6.07, 6.45) is -4.75. The Balaban J connectivity index is 2.39. The summed E-state index contributed by atoms with van der Waals surface area (Å²) in [5.41, 5.74) is -2.74. The number of hydrogen-bond acceptors (Lipinski definition) is 4. The molecular weight excluding hydrogens is 241 g/mol. The SMILES string of the molecule is C[C@H]1OC(=O)C[C@@H]1[C@]1(C(F)(F)F)C=CC(=O)O1. The van der Waals surface area contributed by atoms with E-state index in [1.54, 1.807) is 0 Å². The Morgan fingerprint density at radius 2 is 2.06 bits per heavy atom. The van der Waals surface area contributed by atoms with Crippen molar-refractivity contribution in [3.05, 3.63) is 12.2 Å². The number of halogens is 3. The number of alkyl halides is 3. The van der Waals surface area contributed by atoms with Crippen molar-refractivity contribution >= 4 is 11.9 Å². The van der Waals surface area contributed by atoms with E-state index >= 15 is 0 Å². The molecule has 0 aromatic rings. The Morgan fingerprint density at radius 3 is 2.41 bits per heavy atom. The number of esters is 2. The zero-order valence-electron chi connectivity index (χ0n) is 8.78. The molecule has 7 heteroatoms. The molecule has 0 radical (unpaired) electrons. The summed E-state index contributed by atoms with van der Waals surface area (Å²) in [6.45, 7) is 1.35. The molecule has 0 aromatic heterocycles. The van der Waals surface area contributed by atoms with Gasteiger partial charge in [0.25, 0.3) is 0 Å². The minimum Gasteiger partial charge on any atom is -0.462 e. The van der Waals surface area contributed by atoms with Gasteiger partial charge in [-0.2, -0.15) is 13.2 Å². The van der Waals surface area contributed by atoms with Crippen LogP contribution in [0.5, 0.6) is 0 Å². The Kier molecular flexibility index (Phi) is 2.44. The smallest absolute Gasteiger partial charge is 0.432 e. The number of carbonyl (C=O) groups excluding carboxylic acids is 2. The first-order valence-electron chi connectivity index (χ1n) is 4.95. The largest absolute Gasteiger partial charge is 0.462 e. The molecule has 0 amide bonds. The zero-order valence-corrected chi connectivity index (χ0v) is 8.78. The molecule has 94 valence electrons. The number of rotatable bonds is 1. The quantitative estimate of drug-likeness (QED) is 0.659. The molecule has 0 aliphatic carbocycles. The van der Waals surface area contributed by atoms with Crippen LogP contribution < -0.4 is 0 Å². The number of hydrogen-bond donors (Lipinski definition) is 0. The van der Waals surface area contributed by atoms with Crippen molar-refractivity contribution in [3.8, 4) is 0 Å². The van der Waals surface area contributed by atoms with Gasteiger partial charge in [-0.15, -0.1) is 0 Å². The van der Waals surface area contributed by atoms with Crippen LogP contribution in [0, 0.1) is 5.92 Å². The molecule has 1 fully saturated rings. The summed E-state index contributed by atoms with van der Waals surface area (Å²) in [6, 6.07) is 0. The summed E-state index contributed by atoms with van der Waals surface area (Å²) in [5, 5.41) is 0. The molecular formula is C10H9F3O4. The van der Waals surface area contributed by atoms with Gasteiger partial charge in [-0.25, -0.2) is 4.79 Å².